The van der Waals surface area contributed by atoms with Gasteiger partial charge in [0.1, 0.15) is 23.2 Å². The van der Waals surface area contributed by atoms with E-state index in [0.717, 1.165) is 18.4 Å². The van der Waals surface area contributed by atoms with Gasteiger partial charge in [-0.3, -0.25) is 4.79 Å². The van der Waals surface area contributed by atoms with Gasteiger partial charge in [0.05, 0.1) is 31.0 Å². The van der Waals surface area contributed by atoms with Crippen molar-refractivity contribution in [2.45, 2.75) is 64.8 Å². The highest BCUT2D eigenvalue weighted by atomic mass is 19.3. The van der Waals surface area contributed by atoms with Gasteiger partial charge in [0.2, 0.25) is 0 Å². The van der Waals surface area contributed by atoms with E-state index in [1.54, 1.807) is 29.0 Å². The Morgan fingerprint density at radius 3 is 2.59 bits per heavy atom. The lowest BCUT2D eigenvalue weighted by Gasteiger charge is -2.26. The molecule has 0 spiro atoms. The molecular weight excluding hydrogens is 515 g/mol. The summed E-state index contributed by atoms with van der Waals surface area (Å²) < 4.78 is 56.9. The van der Waals surface area contributed by atoms with Crippen LogP contribution in [0.1, 0.15) is 62.4 Å². The summed E-state index contributed by atoms with van der Waals surface area (Å²) in [5, 5.41) is 7.25. The summed E-state index contributed by atoms with van der Waals surface area (Å²) in [5.41, 5.74) is 1.50. The van der Waals surface area contributed by atoms with Crippen molar-refractivity contribution >= 4 is 17.4 Å². The van der Waals surface area contributed by atoms with E-state index in [9.17, 15) is 22.8 Å². The summed E-state index contributed by atoms with van der Waals surface area (Å²) in [4.78, 5) is 25.1. The molecule has 1 amide bonds. The minimum atomic E-state index is -3.18. The predicted octanol–water partition coefficient (Wildman–Crippen LogP) is 6.30. The molecule has 0 aliphatic heterocycles. The van der Waals surface area contributed by atoms with Gasteiger partial charge in [-0.25, -0.2) is 13.7 Å². The number of alkyl carbamates (subject to hydrolysis) is 1. The monoisotopic (exact) mass is 547 g/mol. The molecule has 2 atom stereocenters. The molecule has 2 aromatic heterocycles. The predicted molar refractivity (Wildman–Crippen MR) is 138 cm³/mol. The fraction of sp³-hybridized carbons (Fsp3) is 0.464. The fourth-order valence-electron chi connectivity index (χ4n) is 4.38. The molecule has 39 heavy (non-hydrogen) atoms. The lowest BCUT2D eigenvalue weighted by molar-refractivity contribution is -0.0502. The Morgan fingerprint density at radius 2 is 1.95 bits per heavy atom. The average Bonchev–Trinajstić information content (AvgIpc) is 3.39. The number of unbranched alkanes of at least 4 members (excludes halogenated alkanes) is 1. The third-order valence-electron chi connectivity index (χ3n) is 6.76. The number of pyridine rings is 1. The number of nitrogens with one attached hydrogen (secondary N) is 1. The number of hydrogen-bond donors (Lipinski definition) is 1. The molecule has 1 aliphatic carbocycles. The highest BCUT2D eigenvalue weighted by Gasteiger charge is 2.40. The van der Waals surface area contributed by atoms with Crippen LogP contribution in [0.25, 0.3) is 16.6 Å². The van der Waals surface area contributed by atoms with E-state index in [4.69, 9.17) is 14.2 Å². The second-order valence-electron chi connectivity index (χ2n) is 10.1. The van der Waals surface area contributed by atoms with E-state index in [1.165, 1.54) is 13.2 Å². The summed E-state index contributed by atoms with van der Waals surface area (Å²) in [6.45, 7) is 2.83. The summed E-state index contributed by atoms with van der Waals surface area (Å²) >= 11 is 0. The molecule has 1 aliphatic rings. The van der Waals surface area contributed by atoms with E-state index in [0.29, 0.717) is 23.3 Å². The van der Waals surface area contributed by atoms with Gasteiger partial charge in [0, 0.05) is 24.1 Å². The van der Waals surface area contributed by atoms with Crippen LogP contribution in [0.4, 0.5) is 18.0 Å². The molecule has 0 unspecified atom stereocenters. The molecule has 0 saturated heterocycles. The van der Waals surface area contributed by atoms with Gasteiger partial charge in [-0.1, -0.05) is 19.4 Å². The van der Waals surface area contributed by atoms with Crippen molar-refractivity contribution < 1.29 is 37.0 Å². The minimum Gasteiger partial charge on any atom is -0.496 e. The lowest BCUT2D eigenvalue weighted by atomic mass is 9.95. The van der Waals surface area contributed by atoms with Gasteiger partial charge in [0.15, 0.2) is 5.78 Å². The molecule has 8 nitrogen and oxygen atoms in total. The van der Waals surface area contributed by atoms with Gasteiger partial charge in [-0.2, -0.15) is 13.9 Å². The van der Waals surface area contributed by atoms with Crippen molar-refractivity contribution in [2.24, 2.45) is 5.92 Å². The summed E-state index contributed by atoms with van der Waals surface area (Å²) in [6, 6.07) is 6.50. The number of rotatable bonds is 12. The summed E-state index contributed by atoms with van der Waals surface area (Å²) in [6.07, 6.45) is 3.56. The van der Waals surface area contributed by atoms with E-state index in [1.807, 2.05) is 26.8 Å². The van der Waals surface area contributed by atoms with Crippen molar-refractivity contribution in [2.75, 3.05) is 13.7 Å². The Morgan fingerprint density at radius 1 is 1.23 bits per heavy atom. The molecule has 0 bridgehead atoms. The maximum Gasteiger partial charge on any atom is 0.407 e. The number of benzene rings is 1. The number of alkyl halides is 3. The van der Waals surface area contributed by atoms with Crippen LogP contribution in [-0.2, 0) is 10.3 Å². The number of fused-ring (bicyclic) bond motifs is 1. The molecule has 2 heterocycles. The highest BCUT2D eigenvalue weighted by Crippen LogP contribution is 2.42. The number of halogens is 3. The molecule has 1 N–H and O–H groups in total. The minimum absolute atomic E-state index is 0.0482. The molecular formula is C28H32F3N3O5. The summed E-state index contributed by atoms with van der Waals surface area (Å²) in [7, 11) is 1.32. The number of methoxy groups -OCH3 is 1. The van der Waals surface area contributed by atoms with Gasteiger partial charge in [-0.05, 0) is 56.0 Å². The first-order chi connectivity index (χ1) is 18.5. The Hall–Kier alpha value is -3.76. The molecule has 4 rings (SSSR count). The quantitative estimate of drug-likeness (QED) is 0.211. The molecule has 1 saturated carbocycles. The highest BCUT2D eigenvalue weighted by molar-refractivity contribution is 6.03. The van der Waals surface area contributed by atoms with Crippen molar-refractivity contribution in [1.29, 1.82) is 0 Å². The van der Waals surface area contributed by atoms with Gasteiger partial charge in [0.25, 0.3) is 0 Å². The van der Waals surface area contributed by atoms with Crippen molar-refractivity contribution in [3.05, 3.63) is 47.8 Å². The van der Waals surface area contributed by atoms with E-state index < -0.39 is 36.1 Å². The number of carbonyl (C=O) groups excluding carboxylic acids is 2. The molecule has 210 valence electrons. The van der Waals surface area contributed by atoms with Gasteiger partial charge >= 0.3 is 12.7 Å². The van der Waals surface area contributed by atoms with Crippen molar-refractivity contribution in [3.8, 4) is 22.6 Å². The SMILES string of the molecule is CCCCOC(=O)NC(C)(C)c1ccc2c(-c3cc(OC)c(C(=O)C[C@@H]4C[C@@H]4F)c(OC(F)F)c3)cnn2c1. The zero-order valence-electron chi connectivity index (χ0n) is 22.3. The first-order valence-corrected chi connectivity index (χ1v) is 12.8. The van der Waals surface area contributed by atoms with E-state index >= 15 is 0 Å². The zero-order chi connectivity index (χ0) is 28.3. The molecule has 1 fully saturated rings. The first kappa shape index (κ1) is 28.3. The first-order valence-electron chi connectivity index (χ1n) is 12.8. The molecule has 11 heteroatoms. The number of hydrogen-bond acceptors (Lipinski definition) is 6. The van der Waals surface area contributed by atoms with Crippen molar-refractivity contribution in [1.82, 2.24) is 14.9 Å². The zero-order valence-corrected chi connectivity index (χ0v) is 22.3. The Bertz CT molecular complexity index is 1360. The van der Waals surface area contributed by atoms with Crippen LogP contribution in [0.5, 0.6) is 11.5 Å². The second kappa shape index (κ2) is 11.5. The van der Waals surface area contributed by atoms with E-state index in [-0.39, 0.29) is 29.9 Å². The number of Topliss-reactive ketones (excluding diaryl/α,β-unsaturated/α-hetero) is 1. The normalized spacial score (nSPS) is 16.8. The third kappa shape index (κ3) is 6.46. The largest absolute Gasteiger partial charge is 0.496 e. The Balaban J connectivity index is 1.66. The van der Waals surface area contributed by atoms with Crippen LogP contribution in [-0.4, -0.2) is 48.0 Å². The van der Waals surface area contributed by atoms with Gasteiger partial charge in [-0.15, -0.1) is 0 Å². The lowest BCUT2D eigenvalue weighted by Crippen LogP contribution is -2.41. The van der Waals surface area contributed by atoms with Crippen LogP contribution in [0.3, 0.4) is 0 Å². The Labute approximate surface area is 224 Å². The van der Waals surface area contributed by atoms with Crippen LogP contribution in [0, 0.1) is 5.92 Å². The number of ether oxygens (including phenoxy) is 3. The molecule has 3 aromatic rings. The fourth-order valence-corrected chi connectivity index (χ4v) is 4.38. The summed E-state index contributed by atoms with van der Waals surface area (Å²) in [5.74, 6) is -1.24. The number of carbonyl (C=O) groups is 2. The standard InChI is InChI=1S/C28H32F3N3O5/c1-5-6-9-38-27(36)33-28(2,3)18-7-8-21-19(14-32-34(21)15-18)16-12-23(37-4)25(24(13-16)39-26(30)31)22(35)11-17-10-20(17)29/h7-8,12-15,17,20,26H,5-6,9-11H2,1-4H3,(H,33,36)/t17-,20-/m0/s1. The maximum atomic E-state index is 13.4. The van der Waals surface area contributed by atoms with Crippen LogP contribution >= 0.6 is 0 Å². The topological polar surface area (TPSA) is 91.2 Å². The smallest absolute Gasteiger partial charge is 0.407 e. The van der Waals surface area contributed by atoms with Crippen LogP contribution in [0.2, 0.25) is 0 Å². The van der Waals surface area contributed by atoms with E-state index in [2.05, 4.69) is 10.4 Å². The number of aromatic nitrogens is 2. The Kier molecular flexibility index (Phi) is 8.36. The van der Waals surface area contributed by atoms with Crippen molar-refractivity contribution in [3.63, 3.8) is 0 Å². The molecule has 0 radical (unpaired) electrons. The number of ketones is 1. The van der Waals surface area contributed by atoms with Crippen LogP contribution < -0.4 is 14.8 Å². The maximum absolute atomic E-state index is 13.4. The van der Waals surface area contributed by atoms with Crippen LogP contribution in [0.15, 0.2) is 36.7 Å². The number of amides is 1. The molecule has 1 aromatic carbocycles. The second-order valence-corrected chi connectivity index (χ2v) is 10.1. The van der Waals surface area contributed by atoms with Gasteiger partial charge < -0.3 is 19.5 Å². The third-order valence-corrected chi connectivity index (χ3v) is 6.76. The number of nitrogens with zero attached hydrogens (tertiary/aromatic N) is 2. The average molecular weight is 548 g/mol.